The van der Waals surface area contributed by atoms with E-state index in [9.17, 15) is 0 Å². The van der Waals surface area contributed by atoms with Crippen molar-refractivity contribution in [3.05, 3.63) is 16.5 Å². The summed E-state index contributed by atoms with van der Waals surface area (Å²) in [4.78, 5) is 1.92. The lowest BCUT2D eigenvalue weighted by molar-refractivity contribution is 0.621. The van der Waals surface area contributed by atoms with Gasteiger partial charge in [-0.05, 0) is 26.0 Å². The predicted molar refractivity (Wildman–Crippen MR) is 57.4 cm³/mol. The molecule has 0 N–H and O–H groups in total. The summed E-state index contributed by atoms with van der Waals surface area (Å²) in [6.07, 6.45) is 0. The molecule has 0 bridgehead atoms. The van der Waals surface area contributed by atoms with Crippen LogP contribution in [0.25, 0.3) is 0 Å². The second kappa shape index (κ2) is 3.57. The van der Waals surface area contributed by atoms with Gasteiger partial charge in [0.2, 0.25) is 0 Å². The molecule has 0 unspecified atom stereocenters. The maximum Gasteiger partial charge on any atom is 0.122 e. The topological polar surface area (TPSA) is 27.0 Å². The molecule has 0 radical (unpaired) electrons. The molecule has 1 rings (SSSR count). The van der Waals surface area contributed by atoms with Gasteiger partial charge in [0, 0.05) is 7.05 Å². The van der Waals surface area contributed by atoms with Crippen LogP contribution in [0, 0.1) is 11.3 Å². The summed E-state index contributed by atoms with van der Waals surface area (Å²) < 4.78 is 0.746. The molecule has 0 atom stereocenters. The molecule has 70 valence electrons. The van der Waals surface area contributed by atoms with Crippen LogP contribution in [0.3, 0.4) is 0 Å². The summed E-state index contributed by atoms with van der Waals surface area (Å²) in [6.45, 7) is 3.75. The second-order valence-corrected chi connectivity index (χ2v) is 5.00. The Kier molecular flexibility index (Phi) is 2.84. The largest absolute Gasteiger partial charge is 0.349 e. The van der Waals surface area contributed by atoms with Crippen LogP contribution in [-0.4, -0.2) is 12.6 Å². The van der Waals surface area contributed by atoms with Crippen molar-refractivity contribution in [2.45, 2.75) is 19.4 Å². The van der Waals surface area contributed by atoms with Gasteiger partial charge >= 0.3 is 0 Å². The fourth-order valence-corrected chi connectivity index (χ4v) is 1.97. The highest BCUT2D eigenvalue weighted by molar-refractivity contribution is 7.19. The molecule has 1 heterocycles. The standard InChI is InChI=1S/C9H11ClN2S/c1-9(2,6-11)12(3)8-5-4-7(10)13-8/h4-5H,1-3H3. The molecule has 0 aromatic carbocycles. The van der Waals surface area contributed by atoms with Gasteiger partial charge in [-0.25, -0.2) is 0 Å². The Morgan fingerprint density at radius 1 is 1.54 bits per heavy atom. The molecule has 0 aliphatic carbocycles. The lowest BCUT2D eigenvalue weighted by atomic mass is 10.1. The van der Waals surface area contributed by atoms with Gasteiger partial charge in [0.25, 0.3) is 0 Å². The molecular formula is C9H11ClN2S. The zero-order chi connectivity index (χ0) is 10.1. The number of hydrogen-bond donors (Lipinski definition) is 0. The van der Waals surface area contributed by atoms with Crippen molar-refractivity contribution in [3.63, 3.8) is 0 Å². The van der Waals surface area contributed by atoms with Gasteiger partial charge in [-0.15, -0.1) is 11.3 Å². The molecule has 0 spiro atoms. The van der Waals surface area contributed by atoms with Gasteiger partial charge in [-0.3, -0.25) is 0 Å². The first-order valence-corrected chi connectivity index (χ1v) is 5.07. The molecule has 4 heteroatoms. The molecule has 13 heavy (non-hydrogen) atoms. The van der Waals surface area contributed by atoms with Gasteiger partial charge in [0.1, 0.15) is 5.54 Å². The predicted octanol–water partition coefficient (Wildman–Crippen LogP) is 3.14. The maximum atomic E-state index is 8.91. The monoisotopic (exact) mass is 214 g/mol. The molecule has 0 saturated heterocycles. The van der Waals surface area contributed by atoms with Gasteiger partial charge in [0.15, 0.2) is 0 Å². The zero-order valence-corrected chi connectivity index (χ0v) is 9.41. The Morgan fingerprint density at radius 3 is 2.54 bits per heavy atom. The minimum Gasteiger partial charge on any atom is -0.349 e. The van der Waals surface area contributed by atoms with E-state index < -0.39 is 5.54 Å². The van der Waals surface area contributed by atoms with Crippen molar-refractivity contribution in [2.24, 2.45) is 0 Å². The fraction of sp³-hybridized carbons (Fsp3) is 0.444. The van der Waals surface area contributed by atoms with E-state index in [2.05, 4.69) is 6.07 Å². The van der Waals surface area contributed by atoms with Crippen LogP contribution in [0.15, 0.2) is 12.1 Å². The number of anilines is 1. The first-order chi connectivity index (χ1) is 5.97. The van der Waals surface area contributed by atoms with Gasteiger partial charge in [-0.1, -0.05) is 11.6 Å². The van der Waals surface area contributed by atoms with E-state index in [1.54, 1.807) is 0 Å². The van der Waals surface area contributed by atoms with Gasteiger partial charge in [-0.2, -0.15) is 5.26 Å². The Morgan fingerprint density at radius 2 is 2.15 bits per heavy atom. The summed E-state index contributed by atoms with van der Waals surface area (Å²) in [7, 11) is 1.89. The van der Waals surface area contributed by atoms with Crippen molar-refractivity contribution in [1.82, 2.24) is 0 Å². The third-order valence-electron chi connectivity index (χ3n) is 2.00. The summed E-state index contributed by atoms with van der Waals surface area (Å²) in [5.41, 5.74) is -0.492. The van der Waals surface area contributed by atoms with Crippen LogP contribution < -0.4 is 4.90 Å². The number of rotatable bonds is 2. The molecule has 1 aromatic rings. The van der Waals surface area contributed by atoms with E-state index in [0.717, 1.165) is 9.34 Å². The Hall–Kier alpha value is -0.720. The van der Waals surface area contributed by atoms with E-state index in [1.165, 1.54) is 11.3 Å². The molecule has 0 saturated carbocycles. The number of halogens is 1. The third-order valence-corrected chi connectivity index (χ3v) is 3.31. The summed E-state index contributed by atoms with van der Waals surface area (Å²) in [6, 6.07) is 6.00. The van der Waals surface area contributed by atoms with E-state index in [-0.39, 0.29) is 0 Å². The molecule has 0 amide bonds. The first kappa shape index (κ1) is 10.4. The Balaban J connectivity index is 2.92. The zero-order valence-electron chi connectivity index (χ0n) is 7.84. The summed E-state index contributed by atoms with van der Waals surface area (Å²) >= 11 is 7.29. The first-order valence-electron chi connectivity index (χ1n) is 3.88. The molecule has 0 aliphatic heterocycles. The number of nitrogens with zero attached hydrogens (tertiary/aromatic N) is 2. The fourth-order valence-electron chi connectivity index (χ4n) is 0.835. The number of hydrogen-bond acceptors (Lipinski definition) is 3. The highest BCUT2D eigenvalue weighted by atomic mass is 35.5. The third kappa shape index (κ3) is 2.15. The lowest BCUT2D eigenvalue weighted by Gasteiger charge is -2.29. The van der Waals surface area contributed by atoms with E-state index in [4.69, 9.17) is 16.9 Å². The summed E-state index contributed by atoms with van der Waals surface area (Å²) in [5.74, 6) is 0. The Bertz CT molecular complexity index is 338. The molecular weight excluding hydrogens is 204 g/mol. The van der Waals surface area contributed by atoms with Crippen molar-refractivity contribution in [2.75, 3.05) is 11.9 Å². The molecule has 1 aromatic heterocycles. The van der Waals surface area contributed by atoms with Crippen molar-refractivity contribution in [1.29, 1.82) is 5.26 Å². The highest BCUT2D eigenvalue weighted by Crippen LogP contribution is 2.32. The Labute approximate surface area is 87.4 Å². The van der Waals surface area contributed by atoms with E-state index in [1.807, 2.05) is 37.9 Å². The van der Waals surface area contributed by atoms with Gasteiger partial charge < -0.3 is 4.90 Å². The average molecular weight is 215 g/mol. The SMILES string of the molecule is CN(c1ccc(Cl)s1)C(C)(C)C#N. The van der Waals surface area contributed by atoms with Crippen molar-refractivity contribution >= 4 is 27.9 Å². The van der Waals surface area contributed by atoms with Crippen LogP contribution in [0.5, 0.6) is 0 Å². The number of nitriles is 1. The van der Waals surface area contributed by atoms with Crippen LogP contribution in [-0.2, 0) is 0 Å². The smallest absolute Gasteiger partial charge is 0.122 e. The minimum absolute atomic E-state index is 0.492. The molecule has 2 nitrogen and oxygen atoms in total. The van der Waals surface area contributed by atoms with Crippen LogP contribution in [0.1, 0.15) is 13.8 Å². The van der Waals surface area contributed by atoms with Crippen molar-refractivity contribution in [3.8, 4) is 6.07 Å². The van der Waals surface area contributed by atoms with E-state index in [0.29, 0.717) is 0 Å². The number of thiophene rings is 1. The lowest BCUT2D eigenvalue weighted by Crippen LogP contribution is -2.39. The molecule has 0 aliphatic rings. The summed E-state index contributed by atoms with van der Waals surface area (Å²) in [5, 5.41) is 9.92. The van der Waals surface area contributed by atoms with Crippen LogP contribution >= 0.6 is 22.9 Å². The van der Waals surface area contributed by atoms with Gasteiger partial charge in [0.05, 0.1) is 15.4 Å². The normalized spacial score (nSPS) is 11.0. The quantitative estimate of drug-likeness (QED) is 0.757. The van der Waals surface area contributed by atoms with E-state index >= 15 is 0 Å². The van der Waals surface area contributed by atoms with Crippen LogP contribution in [0.2, 0.25) is 4.34 Å². The molecule has 0 fully saturated rings. The minimum atomic E-state index is -0.492. The highest BCUT2D eigenvalue weighted by Gasteiger charge is 2.23. The second-order valence-electron chi connectivity index (χ2n) is 3.31. The average Bonchev–Trinajstić information content (AvgIpc) is 2.50. The van der Waals surface area contributed by atoms with Crippen molar-refractivity contribution < 1.29 is 0 Å². The maximum absolute atomic E-state index is 8.91. The van der Waals surface area contributed by atoms with Crippen LogP contribution in [0.4, 0.5) is 5.00 Å².